The van der Waals surface area contributed by atoms with E-state index >= 15 is 0 Å². The number of amides is 1. The van der Waals surface area contributed by atoms with Gasteiger partial charge in [-0.25, -0.2) is 4.79 Å². The topological polar surface area (TPSA) is 78.9 Å². The van der Waals surface area contributed by atoms with Crippen molar-refractivity contribution in [3.05, 3.63) is 12.7 Å². The Labute approximate surface area is 113 Å². The van der Waals surface area contributed by atoms with E-state index in [1.165, 1.54) is 7.11 Å². The number of likely N-dealkylation sites (tertiary alicyclic amines) is 1. The lowest BCUT2D eigenvalue weighted by Gasteiger charge is -2.22. The zero-order valence-electron chi connectivity index (χ0n) is 12.2. The van der Waals surface area contributed by atoms with Crippen molar-refractivity contribution in [3.8, 4) is 0 Å². The van der Waals surface area contributed by atoms with Crippen molar-refractivity contribution >= 4 is 11.9 Å². The minimum Gasteiger partial charge on any atom is -0.467 e. The highest BCUT2D eigenvalue weighted by atomic mass is 16.5. The first-order valence-corrected chi connectivity index (χ1v) is 6.33. The molecule has 1 saturated carbocycles. The van der Waals surface area contributed by atoms with E-state index in [4.69, 9.17) is 6.17 Å². The highest BCUT2D eigenvalue weighted by Crippen LogP contribution is 2.45. The summed E-state index contributed by atoms with van der Waals surface area (Å²) in [6, 6.07) is -0.391. The summed E-state index contributed by atoms with van der Waals surface area (Å²) in [4.78, 5) is 26.0. The van der Waals surface area contributed by atoms with Crippen LogP contribution in [-0.4, -0.2) is 61.7 Å². The number of carbonyl (C=O) groups excluding carboxylic acids is 2. The standard InChI is InChI=1S/C13H20N2O4/c1-4-8-6-13(8,12(18)19-3)14-11(17)10-5-9(16)7-15(10)2/h4,8-10,16H,1,5-7H2,2-3H3,(H,14,17)/t8?,9-,10?,13?/m1/s1/i16T. The molecule has 3 unspecified atom stereocenters. The second kappa shape index (κ2) is 4.94. The van der Waals surface area contributed by atoms with E-state index in [0.717, 1.165) is 0 Å². The summed E-state index contributed by atoms with van der Waals surface area (Å²) in [6.07, 6.45) is 2.34. The van der Waals surface area contributed by atoms with Crippen molar-refractivity contribution in [3.63, 3.8) is 0 Å². The van der Waals surface area contributed by atoms with Gasteiger partial charge in [-0.1, -0.05) is 6.08 Å². The van der Waals surface area contributed by atoms with Gasteiger partial charge < -0.3 is 15.2 Å². The first-order valence-electron chi connectivity index (χ1n) is 6.74. The maximum Gasteiger partial charge on any atom is 0.332 e. The molecule has 4 atom stereocenters. The Balaban J connectivity index is 2.04. The van der Waals surface area contributed by atoms with E-state index in [1.807, 2.05) is 4.90 Å². The molecular weight excluding hydrogens is 248 g/mol. The molecule has 0 aromatic carbocycles. The number of hydrogen-bond donors (Lipinski definition) is 2. The fraction of sp³-hybridized carbons (Fsp3) is 0.692. The van der Waals surface area contributed by atoms with E-state index in [0.29, 0.717) is 19.4 Å². The number of hydrogen-bond acceptors (Lipinski definition) is 5. The lowest BCUT2D eigenvalue weighted by Crippen LogP contribution is -2.51. The van der Waals surface area contributed by atoms with Crippen molar-refractivity contribution in [2.45, 2.75) is 30.5 Å². The summed E-state index contributed by atoms with van der Waals surface area (Å²) in [6.45, 7) is 4.19. The summed E-state index contributed by atoms with van der Waals surface area (Å²) in [5, 5.41) is 7.33. The van der Waals surface area contributed by atoms with Gasteiger partial charge >= 0.3 is 5.97 Å². The van der Waals surface area contributed by atoms with E-state index in [-0.39, 0.29) is 17.9 Å². The first-order chi connectivity index (χ1) is 9.48. The Morgan fingerprint density at radius 2 is 2.42 bits per heavy atom. The smallest absolute Gasteiger partial charge is 0.332 e. The van der Waals surface area contributed by atoms with Gasteiger partial charge in [0.1, 0.15) is 5.54 Å². The van der Waals surface area contributed by atoms with Crippen LogP contribution in [0.2, 0.25) is 0 Å². The Bertz CT molecular complexity index is 431. The lowest BCUT2D eigenvalue weighted by atomic mass is 10.1. The lowest BCUT2D eigenvalue weighted by molar-refractivity contribution is -0.147. The zero-order chi connectivity index (χ0) is 14.9. The van der Waals surface area contributed by atoms with Gasteiger partial charge in [0.05, 0.1) is 19.3 Å². The van der Waals surface area contributed by atoms with Gasteiger partial charge in [-0.15, -0.1) is 6.58 Å². The van der Waals surface area contributed by atoms with Crippen molar-refractivity contribution in [1.29, 1.82) is 1.43 Å². The number of rotatable bonds is 5. The molecule has 6 nitrogen and oxygen atoms in total. The molecule has 0 aromatic rings. The SMILES string of the molecule is [3H]O[C@@H]1CC(C(=O)NC2(C(=O)OC)CC2C=C)N(C)C1. The number of carbonyl (C=O) groups is 2. The normalized spacial score (nSPS) is 38.4. The third kappa shape index (κ3) is 2.37. The van der Waals surface area contributed by atoms with Crippen LogP contribution < -0.4 is 5.32 Å². The van der Waals surface area contributed by atoms with Gasteiger partial charge in [-0.2, -0.15) is 0 Å². The highest BCUT2D eigenvalue weighted by molar-refractivity contribution is 5.93. The van der Waals surface area contributed by atoms with E-state index < -0.39 is 17.6 Å². The van der Waals surface area contributed by atoms with Gasteiger partial charge in [-0.05, 0) is 19.9 Å². The third-order valence-corrected chi connectivity index (χ3v) is 4.01. The van der Waals surface area contributed by atoms with E-state index in [2.05, 4.69) is 17.0 Å². The maximum atomic E-state index is 12.3. The molecule has 0 spiro atoms. The Kier molecular flexibility index (Phi) is 3.28. The number of nitrogens with one attached hydrogen (secondary N) is 1. The number of ether oxygens (including phenoxy) is 1. The van der Waals surface area contributed by atoms with Crippen LogP contribution in [0.3, 0.4) is 0 Å². The minimum atomic E-state index is -0.964. The van der Waals surface area contributed by atoms with Crippen molar-refractivity contribution < 1.29 is 19.4 Å². The molecule has 2 rings (SSSR count). The molecule has 1 aliphatic heterocycles. The average Bonchev–Trinajstić information content (AvgIpc) is 3.02. The second-order valence-electron chi connectivity index (χ2n) is 5.31. The molecule has 6 heteroatoms. The molecule has 1 aliphatic carbocycles. The molecule has 2 fully saturated rings. The van der Waals surface area contributed by atoms with Crippen LogP contribution in [-0.2, 0) is 14.3 Å². The van der Waals surface area contributed by atoms with Crippen LogP contribution in [0.1, 0.15) is 12.8 Å². The van der Waals surface area contributed by atoms with E-state index in [1.54, 1.807) is 13.1 Å². The maximum absolute atomic E-state index is 12.3. The predicted octanol–water partition coefficient (Wildman–Crippen LogP) is -0.715. The van der Waals surface area contributed by atoms with Crippen LogP contribution in [0.4, 0.5) is 0 Å². The van der Waals surface area contributed by atoms with Crippen molar-refractivity contribution in [2.24, 2.45) is 5.92 Å². The fourth-order valence-corrected chi connectivity index (χ4v) is 2.75. The summed E-state index contributed by atoms with van der Waals surface area (Å²) in [7, 11) is 3.10. The monoisotopic (exact) mass is 270 g/mol. The molecule has 2 N–H and O–H groups in total. The number of nitrogens with zero attached hydrogens (tertiary/aromatic N) is 1. The number of aliphatic hydroxyl groups excluding tert-OH is 1. The van der Waals surface area contributed by atoms with Crippen molar-refractivity contribution in [2.75, 3.05) is 20.7 Å². The highest BCUT2D eigenvalue weighted by Gasteiger charge is 2.61. The molecular formula is C13H20N2O4. The van der Waals surface area contributed by atoms with Crippen LogP contribution in [0.25, 0.3) is 0 Å². The molecule has 2 aliphatic rings. The Morgan fingerprint density at radius 1 is 1.68 bits per heavy atom. The molecule has 0 aromatic heterocycles. The molecule has 0 radical (unpaired) electrons. The predicted molar refractivity (Wildman–Crippen MR) is 68.2 cm³/mol. The first kappa shape index (κ1) is 12.6. The molecule has 0 bridgehead atoms. The number of esters is 1. The molecule has 106 valence electrons. The van der Waals surface area contributed by atoms with Crippen molar-refractivity contribution in [1.82, 2.24) is 10.2 Å². The second-order valence-corrected chi connectivity index (χ2v) is 5.31. The van der Waals surface area contributed by atoms with Gasteiger partial charge in [-0.3, -0.25) is 9.69 Å². The van der Waals surface area contributed by atoms with Gasteiger partial charge in [0.25, 0.3) is 0 Å². The number of β-amino-alcohol motifs (C(OH)–C–C–N with tert-alkyl or cyclic N) is 1. The molecule has 1 heterocycles. The van der Waals surface area contributed by atoms with Gasteiger partial charge in [0.15, 0.2) is 0 Å². The zero-order valence-corrected chi connectivity index (χ0v) is 11.2. The van der Waals surface area contributed by atoms with E-state index in [9.17, 15) is 9.59 Å². The summed E-state index contributed by atoms with van der Waals surface area (Å²) >= 11 is 0. The summed E-state index contributed by atoms with van der Waals surface area (Å²) in [5.74, 6) is -0.764. The average molecular weight is 270 g/mol. The Morgan fingerprint density at radius 3 is 2.89 bits per heavy atom. The fourth-order valence-electron chi connectivity index (χ4n) is 2.75. The van der Waals surface area contributed by atoms with Gasteiger partial charge in [0.2, 0.25) is 7.34 Å². The molecule has 1 amide bonds. The number of likely N-dealkylation sites (N-methyl/N-ethyl adjacent to an activating group) is 1. The van der Waals surface area contributed by atoms with Crippen LogP contribution in [0.15, 0.2) is 12.7 Å². The van der Waals surface area contributed by atoms with Crippen LogP contribution in [0.5, 0.6) is 0 Å². The molecule has 19 heavy (non-hydrogen) atoms. The minimum absolute atomic E-state index is 0.0890. The third-order valence-electron chi connectivity index (χ3n) is 4.01. The Hall–Kier alpha value is -1.40. The quantitative estimate of drug-likeness (QED) is 0.509. The van der Waals surface area contributed by atoms with Crippen LogP contribution in [0, 0.1) is 5.92 Å². The summed E-state index contributed by atoms with van der Waals surface area (Å²) < 4.78 is 11.7. The number of methoxy groups -OCH3 is 1. The number of aliphatic hydroxyl groups is 1. The van der Waals surface area contributed by atoms with Crippen LogP contribution >= 0.6 is 0 Å². The van der Waals surface area contributed by atoms with Gasteiger partial charge in [0, 0.05) is 12.5 Å². The molecule has 1 saturated heterocycles. The summed E-state index contributed by atoms with van der Waals surface area (Å²) in [5.41, 5.74) is -0.964. The largest absolute Gasteiger partial charge is 0.467 e.